The SMILES string of the molecule is CC1CN(C(=O)C2CCCCC2N)CCCO1. The van der Waals surface area contributed by atoms with Crippen molar-refractivity contribution in [1.82, 2.24) is 4.90 Å². The van der Waals surface area contributed by atoms with Gasteiger partial charge < -0.3 is 15.4 Å². The standard InChI is InChI=1S/C13H24N2O2/c1-10-9-15(7-4-8-17-10)13(16)11-5-2-3-6-12(11)14/h10-12H,2-9,14H2,1H3. The van der Waals surface area contributed by atoms with Gasteiger partial charge in [0.2, 0.25) is 5.91 Å². The lowest BCUT2D eigenvalue weighted by Gasteiger charge is -2.32. The number of carbonyl (C=O) groups excluding carboxylic acids is 1. The first-order valence-electron chi connectivity index (χ1n) is 6.84. The molecule has 1 saturated heterocycles. The lowest BCUT2D eigenvalue weighted by molar-refractivity contribution is -0.137. The maximum Gasteiger partial charge on any atom is 0.227 e. The molecule has 1 aliphatic carbocycles. The molecule has 0 bridgehead atoms. The second-order valence-corrected chi connectivity index (χ2v) is 5.37. The summed E-state index contributed by atoms with van der Waals surface area (Å²) in [7, 11) is 0. The maximum absolute atomic E-state index is 12.5. The van der Waals surface area contributed by atoms with Crippen LogP contribution in [-0.2, 0) is 9.53 Å². The van der Waals surface area contributed by atoms with E-state index in [0.29, 0.717) is 0 Å². The van der Waals surface area contributed by atoms with Crippen molar-refractivity contribution in [3.63, 3.8) is 0 Å². The second-order valence-electron chi connectivity index (χ2n) is 5.37. The van der Waals surface area contributed by atoms with E-state index in [1.165, 1.54) is 6.42 Å². The van der Waals surface area contributed by atoms with Crippen LogP contribution in [0, 0.1) is 5.92 Å². The van der Waals surface area contributed by atoms with Crippen molar-refractivity contribution < 1.29 is 9.53 Å². The van der Waals surface area contributed by atoms with Gasteiger partial charge in [0, 0.05) is 25.7 Å². The molecule has 0 spiro atoms. The van der Waals surface area contributed by atoms with E-state index in [9.17, 15) is 4.79 Å². The summed E-state index contributed by atoms with van der Waals surface area (Å²) in [6.07, 6.45) is 5.37. The third-order valence-electron chi connectivity index (χ3n) is 3.90. The molecule has 1 aliphatic heterocycles. The van der Waals surface area contributed by atoms with Gasteiger partial charge in [0.1, 0.15) is 0 Å². The number of nitrogens with zero attached hydrogens (tertiary/aromatic N) is 1. The van der Waals surface area contributed by atoms with Gasteiger partial charge in [-0.1, -0.05) is 12.8 Å². The number of hydrogen-bond donors (Lipinski definition) is 1. The minimum Gasteiger partial charge on any atom is -0.377 e. The van der Waals surface area contributed by atoms with E-state index in [0.717, 1.165) is 45.4 Å². The van der Waals surface area contributed by atoms with Gasteiger partial charge >= 0.3 is 0 Å². The highest BCUT2D eigenvalue weighted by molar-refractivity contribution is 5.79. The van der Waals surface area contributed by atoms with Crippen molar-refractivity contribution in [2.75, 3.05) is 19.7 Å². The molecule has 4 nitrogen and oxygen atoms in total. The molecule has 0 radical (unpaired) electrons. The first-order chi connectivity index (χ1) is 8.18. The molecule has 0 aromatic carbocycles. The molecule has 3 unspecified atom stereocenters. The fraction of sp³-hybridized carbons (Fsp3) is 0.923. The Kier molecular flexibility index (Phi) is 4.40. The first kappa shape index (κ1) is 12.8. The van der Waals surface area contributed by atoms with Gasteiger partial charge in [-0.25, -0.2) is 0 Å². The largest absolute Gasteiger partial charge is 0.377 e. The summed E-state index contributed by atoms with van der Waals surface area (Å²) in [5, 5.41) is 0. The number of amides is 1. The topological polar surface area (TPSA) is 55.6 Å². The van der Waals surface area contributed by atoms with Crippen molar-refractivity contribution in [2.24, 2.45) is 11.7 Å². The Bertz CT molecular complexity index is 270. The van der Waals surface area contributed by atoms with E-state index in [4.69, 9.17) is 10.5 Å². The van der Waals surface area contributed by atoms with Crippen LogP contribution in [0.3, 0.4) is 0 Å². The van der Waals surface area contributed by atoms with Crippen molar-refractivity contribution >= 4 is 5.91 Å². The normalized spacial score (nSPS) is 35.4. The average Bonchev–Trinajstić information content (AvgIpc) is 2.54. The lowest BCUT2D eigenvalue weighted by atomic mass is 9.84. The molecule has 0 aromatic heterocycles. The van der Waals surface area contributed by atoms with Crippen LogP contribution in [0.4, 0.5) is 0 Å². The zero-order valence-electron chi connectivity index (χ0n) is 10.7. The summed E-state index contributed by atoms with van der Waals surface area (Å²) in [5.74, 6) is 0.309. The smallest absolute Gasteiger partial charge is 0.227 e. The summed E-state index contributed by atoms with van der Waals surface area (Å²) < 4.78 is 5.57. The summed E-state index contributed by atoms with van der Waals surface area (Å²) >= 11 is 0. The van der Waals surface area contributed by atoms with Crippen LogP contribution in [0.5, 0.6) is 0 Å². The third-order valence-corrected chi connectivity index (χ3v) is 3.90. The van der Waals surface area contributed by atoms with Gasteiger partial charge in [-0.05, 0) is 26.2 Å². The number of hydrogen-bond acceptors (Lipinski definition) is 3. The zero-order chi connectivity index (χ0) is 12.3. The lowest BCUT2D eigenvalue weighted by Crippen LogP contribution is -2.47. The minimum absolute atomic E-state index is 0.0500. The highest BCUT2D eigenvalue weighted by Crippen LogP contribution is 2.25. The van der Waals surface area contributed by atoms with Crippen LogP contribution in [-0.4, -0.2) is 42.6 Å². The Hall–Kier alpha value is -0.610. The number of carbonyl (C=O) groups is 1. The number of ether oxygens (including phenoxy) is 1. The van der Waals surface area contributed by atoms with Crippen molar-refractivity contribution in [1.29, 1.82) is 0 Å². The molecule has 2 fully saturated rings. The monoisotopic (exact) mass is 240 g/mol. The molecule has 2 aliphatic rings. The van der Waals surface area contributed by atoms with Crippen molar-refractivity contribution in [3.8, 4) is 0 Å². The molecule has 3 atom stereocenters. The van der Waals surface area contributed by atoms with Gasteiger partial charge in [0.25, 0.3) is 0 Å². The van der Waals surface area contributed by atoms with Gasteiger partial charge in [-0.3, -0.25) is 4.79 Å². The van der Waals surface area contributed by atoms with Crippen molar-refractivity contribution in [3.05, 3.63) is 0 Å². The minimum atomic E-state index is 0.0500. The fourth-order valence-electron chi connectivity index (χ4n) is 2.90. The Morgan fingerprint density at radius 3 is 2.82 bits per heavy atom. The van der Waals surface area contributed by atoms with E-state index < -0.39 is 0 Å². The molecule has 0 aromatic rings. The van der Waals surface area contributed by atoms with E-state index in [-0.39, 0.29) is 24.0 Å². The van der Waals surface area contributed by atoms with E-state index in [1.54, 1.807) is 0 Å². The first-order valence-corrected chi connectivity index (χ1v) is 6.84. The molecule has 2 N–H and O–H groups in total. The summed E-state index contributed by atoms with van der Waals surface area (Å²) in [6.45, 7) is 4.35. The Balaban J connectivity index is 1.97. The predicted molar refractivity (Wildman–Crippen MR) is 66.5 cm³/mol. The van der Waals surface area contributed by atoms with Crippen LogP contribution >= 0.6 is 0 Å². The second kappa shape index (κ2) is 5.83. The highest BCUT2D eigenvalue weighted by atomic mass is 16.5. The van der Waals surface area contributed by atoms with Gasteiger partial charge in [0.15, 0.2) is 0 Å². The molecular weight excluding hydrogens is 216 g/mol. The molecule has 1 saturated carbocycles. The molecule has 2 rings (SSSR count). The van der Waals surface area contributed by atoms with E-state index >= 15 is 0 Å². The summed E-state index contributed by atoms with van der Waals surface area (Å²) in [6, 6.07) is 0.0655. The predicted octanol–water partition coefficient (Wildman–Crippen LogP) is 1.14. The van der Waals surface area contributed by atoms with Crippen LogP contribution in [0.1, 0.15) is 39.0 Å². The quantitative estimate of drug-likeness (QED) is 0.748. The van der Waals surface area contributed by atoms with E-state index in [2.05, 4.69) is 0 Å². The van der Waals surface area contributed by atoms with Gasteiger partial charge in [0.05, 0.1) is 12.0 Å². The average molecular weight is 240 g/mol. The van der Waals surface area contributed by atoms with E-state index in [1.807, 2.05) is 11.8 Å². The molecule has 17 heavy (non-hydrogen) atoms. The highest BCUT2D eigenvalue weighted by Gasteiger charge is 2.32. The Labute approximate surface area is 103 Å². The molecular formula is C13H24N2O2. The van der Waals surface area contributed by atoms with Crippen LogP contribution < -0.4 is 5.73 Å². The number of rotatable bonds is 1. The molecule has 4 heteroatoms. The summed E-state index contributed by atoms with van der Waals surface area (Å²) in [5.41, 5.74) is 6.08. The van der Waals surface area contributed by atoms with Gasteiger partial charge in [-0.15, -0.1) is 0 Å². The third kappa shape index (κ3) is 3.19. The molecule has 1 amide bonds. The van der Waals surface area contributed by atoms with Gasteiger partial charge in [-0.2, -0.15) is 0 Å². The zero-order valence-corrected chi connectivity index (χ0v) is 10.7. The molecule has 1 heterocycles. The van der Waals surface area contributed by atoms with Crippen LogP contribution in [0.15, 0.2) is 0 Å². The van der Waals surface area contributed by atoms with Crippen molar-refractivity contribution in [2.45, 2.75) is 51.2 Å². The summed E-state index contributed by atoms with van der Waals surface area (Å²) in [4.78, 5) is 14.4. The maximum atomic E-state index is 12.5. The Morgan fingerprint density at radius 2 is 2.06 bits per heavy atom. The Morgan fingerprint density at radius 1 is 1.29 bits per heavy atom. The molecule has 98 valence electrons. The van der Waals surface area contributed by atoms with Crippen LogP contribution in [0.25, 0.3) is 0 Å². The fourth-order valence-corrected chi connectivity index (χ4v) is 2.90. The van der Waals surface area contributed by atoms with Crippen LogP contribution in [0.2, 0.25) is 0 Å². The number of nitrogens with two attached hydrogens (primary N) is 1.